The fraction of sp³-hybridized carbons (Fsp3) is 0.870. The van der Waals surface area contributed by atoms with E-state index in [0.29, 0.717) is 43.1 Å². The molecule has 27 heavy (non-hydrogen) atoms. The lowest BCUT2D eigenvalue weighted by atomic mass is 9.46. The zero-order chi connectivity index (χ0) is 19.3. The Labute approximate surface area is 163 Å². The third kappa shape index (κ3) is 2.85. The lowest BCUT2D eigenvalue weighted by Crippen LogP contribution is -2.62. The lowest BCUT2D eigenvalue weighted by Gasteiger charge is -2.60. The first-order valence-electron chi connectivity index (χ1n) is 11.0. The maximum Gasteiger partial charge on any atom is 0.220 e. The van der Waals surface area contributed by atoms with E-state index in [-0.39, 0.29) is 23.3 Å². The first kappa shape index (κ1) is 19.3. The van der Waals surface area contributed by atoms with Crippen LogP contribution in [0, 0.1) is 40.4 Å². The van der Waals surface area contributed by atoms with Gasteiger partial charge in [0, 0.05) is 30.9 Å². The minimum absolute atomic E-state index is 0.124. The molecule has 0 aromatic heterocycles. The maximum absolute atomic E-state index is 11.9. The number of piperidine rings is 1. The van der Waals surface area contributed by atoms with E-state index >= 15 is 0 Å². The summed E-state index contributed by atoms with van der Waals surface area (Å²) in [6.45, 7) is 4.85. The molecule has 0 spiro atoms. The molecule has 1 heterocycles. The molecule has 1 amide bonds. The van der Waals surface area contributed by atoms with Crippen LogP contribution in [0.1, 0.15) is 78.1 Å². The first-order chi connectivity index (χ1) is 12.8. The number of aliphatic hydroxyl groups excluding tert-OH is 1. The number of aliphatic hydroxyl groups is 2. The van der Waals surface area contributed by atoms with Gasteiger partial charge in [0.2, 0.25) is 5.91 Å². The quantitative estimate of drug-likeness (QED) is 0.515. The second-order valence-corrected chi connectivity index (χ2v) is 10.1. The number of carbonyl (C=O) groups is 1. The molecule has 4 heteroatoms. The van der Waals surface area contributed by atoms with Gasteiger partial charge >= 0.3 is 0 Å². The summed E-state index contributed by atoms with van der Waals surface area (Å²) in [5.41, 5.74) is -0.788. The summed E-state index contributed by atoms with van der Waals surface area (Å²) in [5, 5.41) is 23.7. The molecule has 4 nitrogen and oxygen atoms in total. The van der Waals surface area contributed by atoms with Crippen LogP contribution in [0.15, 0.2) is 0 Å². The Morgan fingerprint density at radius 2 is 1.89 bits per heavy atom. The van der Waals surface area contributed by atoms with Crippen LogP contribution in [-0.2, 0) is 4.79 Å². The molecule has 4 rings (SSSR count). The van der Waals surface area contributed by atoms with Crippen molar-refractivity contribution < 1.29 is 15.0 Å². The van der Waals surface area contributed by atoms with Crippen molar-refractivity contribution in [2.45, 2.75) is 89.7 Å². The van der Waals surface area contributed by atoms with Gasteiger partial charge in [-0.25, -0.2) is 0 Å². The minimum Gasteiger partial charge on any atom is -0.396 e. The highest BCUT2D eigenvalue weighted by molar-refractivity contribution is 5.77. The molecule has 3 aliphatic carbocycles. The van der Waals surface area contributed by atoms with Crippen LogP contribution in [0.2, 0.25) is 0 Å². The smallest absolute Gasteiger partial charge is 0.220 e. The van der Waals surface area contributed by atoms with Gasteiger partial charge in [-0.3, -0.25) is 4.79 Å². The molecular formula is C23H35NO3. The Morgan fingerprint density at radius 3 is 2.67 bits per heavy atom. The van der Waals surface area contributed by atoms with Gasteiger partial charge in [-0.2, -0.15) is 0 Å². The Hall–Kier alpha value is -1.05. The van der Waals surface area contributed by atoms with Crippen molar-refractivity contribution in [2.24, 2.45) is 28.6 Å². The van der Waals surface area contributed by atoms with Gasteiger partial charge in [0.1, 0.15) is 5.60 Å². The summed E-state index contributed by atoms with van der Waals surface area (Å²) in [6, 6.07) is 0.336. The number of rotatable bonds is 2. The summed E-state index contributed by atoms with van der Waals surface area (Å²) in [7, 11) is 0. The lowest BCUT2D eigenvalue weighted by molar-refractivity contribution is -0.142. The number of fused-ring (bicyclic) bond motifs is 5. The third-order valence-electron chi connectivity index (χ3n) is 9.00. The molecule has 0 radical (unpaired) electrons. The number of hydrogen-bond donors (Lipinski definition) is 3. The van der Waals surface area contributed by atoms with Gasteiger partial charge in [-0.15, -0.1) is 5.92 Å². The number of carbonyl (C=O) groups excluding carboxylic acids is 1. The fourth-order valence-electron chi connectivity index (χ4n) is 7.30. The molecule has 0 bridgehead atoms. The zero-order valence-corrected chi connectivity index (χ0v) is 16.9. The van der Waals surface area contributed by atoms with Crippen molar-refractivity contribution in [3.05, 3.63) is 0 Å². The Kier molecular flexibility index (Phi) is 4.84. The highest BCUT2D eigenvalue weighted by atomic mass is 16.3. The van der Waals surface area contributed by atoms with Gasteiger partial charge in [0.15, 0.2) is 0 Å². The van der Waals surface area contributed by atoms with Crippen LogP contribution in [0.4, 0.5) is 0 Å². The SMILES string of the molecule is C[C@]12CCC(=O)N[C@@H]1CC[C@@H]1[C@@H]2CC[C@@]2(C)[C@H]1CC[C@@]2(O)C#CCCCO. The topological polar surface area (TPSA) is 69.6 Å². The Morgan fingerprint density at radius 1 is 1.11 bits per heavy atom. The molecule has 150 valence electrons. The molecule has 0 unspecified atom stereocenters. The molecule has 7 atom stereocenters. The Balaban J connectivity index is 1.57. The minimum atomic E-state index is -0.878. The van der Waals surface area contributed by atoms with Crippen LogP contribution >= 0.6 is 0 Å². The van der Waals surface area contributed by atoms with Gasteiger partial charge < -0.3 is 15.5 Å². The van der Waals surface area contributed by atoms with Crippen molar-refractivity contribution in [1.82, 2.24) is 5.32 Å². The van der Waals surface area contributed by atoms with Crippen LogP contribution in [0.5, 0.6) is 0 Å². The predicted octanol–water partition coefficient (Wildman–Crippen LogP) is 3.01. The van der Waals surface area contributed by atoms with Crippen LogP contribution in [-0.4, -0.2) is 34.4 Å². The monoisotopic (exact) mass is 373 g/mol. The summed E-state index contributed by atoms with van der Waals surface area (Å²) in [5.74, 6) is 8.44. The van der Waals surface area contributed by atoms with E-state index in [4.69, 9.17) is 5.11 Å². The standard InChI is InChI=1S/C23H35NO3/c1-21-12-10-20(26)24-19(21)7-6-16-17(21)8-13-22(2)18(16)9-14-23(22,27)11-4-3-5-15-25/h16-19,25,27H,3,5-10,12-15H2,1-2H3,(H,24,26)/t16-,17+,18+,19-,21-,22+,23+/m1/s1. The number of nitrogens with one attached hydrogen (secondary N) is 1. The fourth-order valence-corrected chi connectivity index (χ4v) is 7.30. The number of unbranched alkanes of at least 4 members (excludes halogenated alkanes) is 1. The summed E-state index contributed by atoms with van der Waals surface area (Å²) < 4.78 is 0. The molecule has 3 saturated carbocycles. The highest BCUT2D eigenvalue weighted by Crippen LogP contribution is 2.66. The van der Waals surface area contributed by atoms with Gasteiger partial charge in [-0.05, 0) is 74.5 Å². The van der Waals surface area contributed by atoms with Gasteiger partial charge in [0.05, 0.1) is 0 Å². The zero-order valence-electron chi connectivity index (χ0n) is 16.9. The highest BCUT2D eigenvalue weighted by Gasteiger charge is 2.64. The van der Waals surface area contributed by atoms with Crippen molar-refractivity contribution >= 4 is 5.91 Å². The molecule has 3 N–H and O–H groups in total. The van der Waals surface area contributed by atoms with Gasteiger partial charge in [-0.1, -0.05) is 19.8 Å². The van der Waals surface area contributed by atoms with E-state index in [9.17, 15) is 9.90 Å². The number of amides is 1. The molecule has 1 saturated heterocycles. The second kappa shape index (κ2) is 6.78. The van der Waals surface area contributed by atoms with E-state index in [1.54, 1.807) is 0 Å². The van der Waals surface area contributed by atoms with E-state index in [2.05, 4.69) is 31.0 Å². The van der Waals surface area contributed by atoms with Gasteiger partial charge in [0.25, 0.3) is 0 Å². The van der Waals surface area contributed by atoms with Crippen molar-refractivity contribution in [1.29, 1.82) is 0 Å². The van der Waals surface area contributed by atoms with E-state index in [1.165, 1.54) is 6.42 Å². The molecule has 1 aliphatic heterocycles. The molecular weight excluding hydrogens is 338 g/mol. The Bertz CT molecular complexity index is 666. The average Bonchev–Trinajstić information content (AvgIpc) is 2.91. The summed E-state index contributed by atoms with van der Waals surface area (Å²) >= 11 is 0. The third-order valence-corrected chi connectivity index (χ3v) is 9.00. The van der Waals surface area contributed by atoms with Crippen LogP contribution in [0.3, 0.4) is 0 Å². The molecule has 4 fully saturated rings. The second-order valence-electron chi connectivity index (χ2n) is 10.1. The average molecular weight is 374 g/mol. The molecule has 0 aromatic carbocycles. The van der Waals surface area contributed by atoms with E-state index in [0.717, 1.165) is 38.5 Å². The van der Waals surface area contributed by atoms with Crippen LogP contribution in [0.25, 0.3) is 0 Å². The van der Waals surface area contributed by atoms with Crippen molar-refractivity contribution in [2.75, 3.05) is 6.61 Å². The molecule has 4 aliphatic rings. The normalized spacial score (nSPS) is 48.5. The summed E-state index contributed by atoms with van der Waals surface area (Å²) in [4.78, 5) is 11.9. The van der Waals surface area contributed by atoms with Crippen molar-refractivity contribution in [3.8, 4) is 11.8 Å². The van der Waals surface area contributed by atoms with Crippen LogP contribution < -0.4 is 5.32 Å². The number of hydrogen-bond acceptors (Lipinski definition) is 3. The van der Waals surface area contributed by atoms with Crippen molar-refractivity contribution in [3.63, 3.8) is 0 Å². The largest absolute Gasteiger partial charge is 0.396 e. The predicted molar refractivity (Wildman–Crippen MR) is 105 cm³/mol. The maximum atomic E-state index is 11.9. The first-order valence-corrected chi connectivity index (χ1v) is 11.0. The molecule has 0 aromatic rings. The summed E-state index contributed by atoms with van der Waals surface area (Å²) in [6.07, 6.45) is 9.27. The van der Waals surface area contributed by atoms with E-state index in [1.807, 2.05) is 0 Å². The van der Waals surface area contributed by atoms with E-state index < -0.39 is 5.60 Å².